The average Bonchev–Trinajstić information content (AvgIpc) is 2.19. The normalized spacial score (nSPS) is 34.8. The Morgan fingerprint density at radius 1 is 1.27 bits per heavy atom. The van der Waals surface area contributed by atoms with Crippen LogP contribution in [0.15, 0.2) is 0 Å². The topological polar surface area (TPSA) is 41.5 Å². The third kappa shape index (κ3) is 2.52. The van der Waals surface area contributed by atoms with Gasteiger partial charge in [-0.3, -0.25) is 0 Å². The lowest BCUT2D eigenvalue weighted by molar-refractivity contribution is -0.0741. The predicted molar refractivity (Wildman–Crippen MR) is 59.9 cm³/mol. The quantitative estimate of drug-likeness (QED) is 0.742. The first-order valence-electron chi connectivity index (χ1n) is 6.22. The van der Waals surface area contributed by atoms with E-state index in [0.29, 0.717) is 6.04 Å². The fourth-order valence-corrected chi connectivity index (χ4v) is 2.69. The van der Waals surface area contributed by atoms with E-state index in [1.54, 1.807) is 7.11 Å². The number of aliphatic hydroxyl groups excluding tert-OH is 1. The minimum absolute atomic E-state index is 0.0805. The van der Waals surface area contributed by atoms with Crippen LogP contribution < -0.4 is 5.32 Å². The van der Waals surface area contributed by atoms with E-state index >= 15 is 0 Å². The molecule has 2 rings (SSSR count). The zero-order valence-corrected chi connectivity index (χ0v) is 9.67. The predicted octanol–water partition coefficient (Wildman–Crippen LogP) is 1.45. The van der Waals surface area contributed by atoms with Crippen LogP contribution in [0.25, 0.3) is 0 Å². The molecular weight excluding hydrogens is 190 g/mol. The SMILES string of the molecule is COC1(CN[C@H]2CCCC[C@@H]2O)CCC1. The van der Waals surface area contributed by atoms with Crippen molar-refractivity contribution in [2.75, 3.05) is 13.7 Å². The van der Waals surface area contributed by atoms with Crippen molar-refractivity contribution in [3.8, 4) is 0 Å². The Hall–Kier alpha value is -0.120. The van der Waals surface area contributed by atoms with E-state index in [1.165, 1.54) is 32.1 Å². The van der Waals surface area contributed by atoms with Crippen LogP contribution in [0.5, 0.6) is 0 Å². The first-order chi connectivity index (χ1) is 7.26. The van der Waals surface area contributed by atoms with E-state index in [1.807, 2.05) is 0 Å². The van der Waals surface area contributed by atoms with E-state index in [0.717, 1.165) is 19.4 Å². The second kappa shape index (κ2) is 4.81. The Morgan fingerprint density at radius 3 is 2.53 bits per heavy atom. The van der Waals surface area contributed by atoms with Gasteiger partial charge in [0, 0.05) is 19.7 Å². The van der Waals surface area contributed by atoms with Gasteiger partial charge in [0.2, 0.25) is 0 Å². The maximum Gasteiger partial charge on any atom is 0.0802 e. The van der Waals surface area contributed by atoms with E-state index in [4.69, 9.17) is 4.74 Å². The molecule has 0 aromatic heterocycles. The molecule has 15 heavy (non-hydrogen) atoms. The number of aliphatic hydroxyl groups is 1. The van der Waals surface area contributed by atoms with Crippen molar-refractivity contribution in [3.05, 3.63) is 0 Å². The second-order valence-corrected chi connectivity index (χ2v) is 5.08. The van der Waals surface area contributed by atoms with Crippen LogP contribution >= 0.6 is 0 Å². The summed E-state index contributed by atoms with van der Waals surface area (Å²) >= 11 is 0. The van der Waals surface area contributed by atoms with E-state index in [-0.39, 0.29) is 11.7 Å². The molecule has 0 bridgehead atoms. The van der Waals surface area contributed by atoms with Gasteiger partial charge in [0.1, 0.15) is 0 Å². The zero-order chi connectivity index (χ0) is 10.7. The summed E-state index contributed by atoms with van der Waals surface area (Å²) in [6.07, 6.45) is 7.96. The number of rotatable bonds is 4. The van der Waals surface area contributed by atoms with Crippen molar-refractivity contribution in [3.63, 3.8) is 0 Å². The Morgan fingerprint density at radius 2 is 2.00 bits per heavy atom. The summed E-state index contributed by atoms with van der Waals surface area (Å²) in [5.74, 6) is 0. The van der Waals surface area contributed by atoms with Crippen LogP contribution in [0.4, 0.5) is 0 Å². The number of methoxy groups -OCH3 is 1. The summed E-state index contributed by atoms with van der Waals surface area (Å²) in [4.78, 5) is 0. The number of hydrogen-bond acceptors (Lipinski definition) is 3. The lowest BCUT2D eigenvalue weighted by Crippen LogP contribution is -2.53. The summed E-state index contributed by atoms with van der Waals surface area (Å²) in [6.45, 7) is 0.908. The summed E-state index contributed by atoms with van der Waals surface area (Å²) < 4.78 is 5.56. The maximum absolute atomic E-state index is 9.83. The molecule has 0 aliphatic heterocycles. The van der Waals surface area contributed by atoms with Gasteiger partial charge in [-0.2, -0.15) is 0 Å². The van der Waals surface area contributed by atoms with Crippen molar-refractivity contribution in [2.24, 2.45) is 0 Å². The van der Waals surface area contributed by atoms with Crippen LogP contribution in [-0.4, -0.2) is 36.5 Å². The van der Waals surface area contributed by atoms with Gasteiger partial charge in [-0.15, -0.1) is 0 Å². The van der Waals surface area contributed by atoms with Gasteiger partial charge < -0.3 is 15.2 Å². The van der Waals surface area contributed by atoms with E-state index in [2.05, 4.69) is 5.32 Å². The van der Waals surface area contributed by atoms with Gasteiger partial charge in [-0.25, -0.2) is 0 Å². The minimum atomic E-state index is -0.146. The molecule has 0 amide bonds. The fraction of sp³-hybridized carbons (Fsp3) is 1.00. The highest BCUT2D eigenvalue weighted by molar-refractivity contribution is 4.93. The standard InChI is InChI=1S/C12H23NO2/c1-15-12(7-4-8-12)9-13-10-5-2-3-6-11(10)14/h10-11,13-14H,2-9H2,1H3/t10-,11-/m0/s1. The van der Waals surface area contributed by atoms with Crippen LogP contribution in [-0.2, 0) is 4.74 Å². The molecular formula is C12H23NO2. The number of ether oxygens (including phenoxy) is 1. The Balaban J connectivity index is 1.76. The van der Waals surface area contributed by atoms with Crippen LogP contribution in [0.3, 0.4) is 0 Å². The van der Waals surface area contributed by atoms with Gasteiger partial charge in [0.05, 0.1) is 11.7 Å². The molecule has 2 aliphatic carbocycles. The highest BCUT2D eigenvalue weighted by Gasteiger charge is 2.37. The minimum Gasteiger partial charge on any atom is -0.392 e. The molecule has 0 aromatic rings. The molecule has 88 valence electrons. The van der Waals surface area contributed by atoms with E-state index in [9.17, 15) is 5.11 Å². The molecule has 3 heteroatoms. The lowest BCUT2D eigenvalue weighted by atomic mass is 9.79. The largest absolute Gasteiger partial charge is 0.392 e. The smallest absolute Gasteiger partial charge is 0.0802 e. The molecule has 0 unspecified atom stereocenters. The van der Waals surface area contributed by atoms with Crippen molar-refractivity contribution in [1.82, 2.24) is 5.32 Å². The molecule has 0 radical (unpaired) electrons. The lowest BCUT2D eigenvalue weighted by Gasteiger charge is -2.42. The maximum atomic E-state index is 9.83. The molecule has 0 saturated heterocycles. The van der Waals surface area contributed by atoms with Crippen LogP contribution in [0, 0.1) is 0 Å². The van der Waals surface area contributed by atoms with Crippen molar-refractivity contribution >= 4 is 0 Å². The highest BCUT2D eigenvalue weighted by Crippen LogP contribution is 2.34. The molecule has 0 heterocycles. The molecule has 2 N–H and O–H groups in total. The second-order valence-electron chi connectivity index (χ2n) is 5.08. The molecule has 2 fully saturated rings. The summed E-state index contributed by atoms with van der Waals surface area (Å²) in [6, 6.07) is 0.298. The molecule has 2 aliphatic rings. The van der Waals surface area contributed by atoms with Gasteiger partial charge in [-0.05, 0) is 32.1 Å². The van der Waals surface area contributed by atoms with Crippen LogP contribution in [0.2, 0.25) is 0 Å². The van der Waals surface area contributed by atoms with Crippen molar-refractivity contribution in [1.29, 1.82) is 0 Å². The number of hydrogen-bond donors (Lipinski definition) is 2. The van der Waals surface area contributed by atoms with Gasteiger partial charge in [0.15, 0.2) is 0 Å². The summed E-state index contributed by atoms with van der Waals surface area (Å²) in [5.41, 5.74) is 0.0805. The summed E-state index contributed by atoms with van der Waals surface area (Å²) in [7, 11) is 1.80. The van der Waals surface area contributed by atoms with Crippen molar-refractivity contribution in [2.45, 2.75) is 62.7 Å². The molecule has 2 atom stereocenters. The summed E-state index contributed by atoms with van der Waals surface area (Å²) in [5, 5.41) is 13.3. The Labute approximate surface area is 92.2 Å². The van der Waals surface area contributed by atoms with Crippen LogP contribution in [0.1, 0.15) is 44.9 Å². The Bertz CT molecular complexity index is 198. The first-order valence-corrected chi connectivity index (χ1v) is 6.22. The fourth-order valence-electron chi connectivity index (χ4n) is 2.69. The third-order valence-electron chi connectivity index (χ3n) is 4.11. The molecule has 3 nitrogen and oxygen atoms in total. The molecule has 0 spiro atoms. The molecule has 0 aromatic carbocycles. The zero-order valence-electron chi connectivity index (χ0n) is 9.67. The van der Waals surface area contributed by atoms with Gasteiger partial charge >= 0.3 is 0 Å². The van der Waals surface area contributed by atoms with Gasteiger partial charge in [0.25, 0.3) is 0 Å². The monoisotopic (exact) mass is 213 g/mol. The van der Waals surface area contributed by atoms with E-state index < -0.39 is 0 Å². The third-order valence-corrected chi connectivity index (χ3v) is 4.11. The Kier molecular flexibility index (Phi) is 3.65. The average molecular weight is 213 g/mol. The molecule has 2 saturated carbocycles. The highest BCUT2D eigenvalue weighted by atomic mass is 16.5. The van der Waals surface area contributed by atoms with Gasteiger partial charge in [-0.1, -0.05) is 12.8 Å². The van der Waals surface area contributed by atoms with Crippen molar-refractivity contribution < 1.29 is 9.84 Å². The first kappa shape index (κ1) is 11.4. The number of nitrogens with one attached hydrogen (secondary N) is 1.